The molecule has 0 unspecified atom stereocenters. The number of aryl methyl sites for hydroxylation is 1. The fraction of sp³-hybridized carbons (Fsp3) is 0.360. The van der Waals surface area contributed by atoms with E-state index >= 15 is 0 Å². The van der Waals surface area contributed by atoms with E-state index in [1.54, 1.807) is 36.5 Å². The molecule has 5 rings (SSSR count). The second kappa shape index (κ2) is 9.46. The molecule has 9 nitrogen and oxygen atoms in total. The lowest BCUT2D eigenvalue weighted by atomic mass is 10.1. The van der Waals surface area contributed by atoms with Crippen LogP contribution < -0.4 is 17.0 Å². The van der Waals surface area contributed by atoms with Gasteiger partial charge in [-0.25, -0.2) is 20.2 Å². The number of nitrogens with one attached hydrogen (secondary N) is 1. The summed E-state index contributed by atoms with van der Waals surface area (Å²) in [5.41, 5.74) is 2.77. The number of amidine groups is 1. The molecular formula is C25H31FN8O. The molecule has 0 radical (unpaired) electrons. The third-order valence-electron chi connectivity index (χ3n) is 6.71. The number of halogens is 1. The van der Waals surface area contributed by atoms with Gasteiger partial charge in [-0.3, -0.25) is 9.80 Å². The van der Waals surface area contributed by atoms with Crippen LogP contribution in [0, 0.1) is 12.7 Å². The Morgan fingerprint density at radius 3 is 2.74 bits per heavy atom. The maximum absolute atomic E-state index is 14.8. The zero-order valence-corrected chi connectivity index (χ0v) is 19.6. The molecule has 2 saturated carbocycles. The Balaban J connectivity index is 0.00000304. The Kier molecular flexibility index (Phi) is 6.21. The highest BCUT2D eigenvalue weighted by molar-refractivity contribution is 6.05. The van der Waals surface area contributed by atoms with E-state index in [1.165, 1.54) is 12.1 Å². The molecule has 3 aromatic rings. The largest absolute Gasteiger partial charge is 0.321 e. The van der Waals surface area contributed by atoms with E-state index in [2.05, 4.69) is 20.4 Å². The van der Waals surface area contributed by atoms with Crippen LogP contribution in [0.25, 0.3) is 5.69 Å². The zero-order valence-electron chi connectivity index (χ0n) is 19.6. The predicted molar refractivity (Wildman–Crippen MR) is 134 cm³/mol. The van der Waals surface area contributed by atoms with Crippen molar-refractivity contribution >= 4 is 17.6 Å². The van der Waals surface area contributed by atoms with Crippen LogP contribution in [0.2, 0.25) is 0 Å². The van der Waals surface area contributed by atoms with E-state index in [0.29, 0.717) is 28.7 Å². The number of anilines is 1. The van der Waals surface area contributed by atoms with Crippen LogP contribution in [0.5, 0.6) is 0 Å². The quantitative estimate of drug-likeness (QED) is 0.214. The topological polar surface area (TPSA) is 127 Å². The van der Waals surface area contributed by atoms with Crippen molar-refractivity contribution in [3.63, 3.8) is 0 Å². The highest BCUT2D eigenvalue weighted by Crippen LogP contribution is 2.39. The molecular weight excluding hydrogens is 447 g/mol. The maximum atomic E-state index is 14.8. The minimum Gasteiger partial charge on any atom is -0.321 e. The smallest absolute Gasteiger partial charge is 0.259 e. The van der Waals surface area contributed by atoms with Crippen molar-refractivity contribution in [1.82, 2.24) is 19.5 Å². The van der Waals surface area contributed by atoms with Gasteiger partial charge in [0.2, 0.25) is 0 Å². The summed E-state index contributed by atoms with van der Waals surface area (Å²) in [6.45, 7) is 1.80. The first kappa shape index (κ1) is 23.0. The van der Waals surface area contributed by atoms with E-state index in [4.69, 9.17) is 11.7 Å². The van der Waals surface area contributed by atoms with Crippen molar-refractivity contribution in [2.45, 2.75) is 57.4 Å². The normalized spacial score (nSPS) is 16.5. The Morgan fingerprint density at radius 1 is 1.26 bits per heavy atom. The first-order valence-electron chi connectivity index (χ1n) is 11.9. The minimum absolute atomic E-state index is 0. The summed E-state index contributed by atoms with van der Waals surface area (Å²) in [6.07, 6.45) is 10.0. The summed E-state index contributed by atoms with van der Waals surface area (Å²) in [4.78, 5) is 22.0. The Labute approximate surface area is 204 Å². The molecule has 0 spiro atoms. The molecule has 10 heteroatoms. The lowest BCUT2D eigenvalue weighted by molar-refractivity contribution is 0.102. The third kappa shape index (κ3) is 4.74. The predicted octanol–water partition coefficient (Wildman–Crippen LogP) is 3.83. The number of hydrazone groups is 1. The monoisotopic (exact) mass is 478 g/mol. The number of hydrogen-bond acceptors (Lipinski definition) is 6. The number of nitrogens with two attached hydrogens (primary N) is 2. The van der Waals surface area contributed by atoms with Crippen LogP contribution in [0.15, 0.2) is 48.0 Å². The fourth-order valence-electron chi connectivity index (χ4n) is 4.61. The number of imidazole rings is 1. The van der Waals surface area contributed by atoms with Crippen LogP contribution >= 0.6 is 0 Å². The summed E-state index contributed by atoms with van der Waals surface area (Å²) < 4.78 is 16.7. The van der Waals surface area contributed by atoms with Gasteiger partial charge in [-0.1, -0.05) is 18.9 Å². The van der Waals surface area contributed by atoms with E-state index in [9.17, 15) is 9.18 Å². The second-order valence-corrected chi connectivity index (χ2v) is 9.26. The highest BCUT2D eigenvalue weighted by atomic mass is 19.1. The molecule has 2 heterocycles. The number of pyridine rings is 1. The number of hydrogen-bond donors (Lipinski definition) is 3. The van der Waals surface area contributed by atoms with E-state index in [-0.39, 0.29) is 18.8 Å². The second-order valence-electron chi connectivity index (χ2n) is 9.26. The Morgan fingerprint density at radius 2 is 2.03 bits per heavy atom. The van der Waals surface area contributed by atoms with E-state index < -0.39 is 11.7 Å². The highest BCUT2D eigenvalue weighted by Gasteiger charge is 2.27. The van der Waals surface area contributed by atoms with E-state index in [0.717, 1.165) is 44.2 Å². The van der Waals surface area contributed by atoms with Crippen molar-refractivity contribution in [2.75, 3.05) is 5.32 Å². The molecule has 0 bridgehead atoms. The first-order chi connectivity index (χ1) is 16.9. The first-order valence-corrected chi connectivity index (χ1v) is 11.9. The number of amides is 1. The van der Waals surface area contributed by atoms with Crippen LogP contribution in [0.3, 0.4) is 0 Å². The molecule has 184 valence electrons. The van der Waals surface area contributed by atoms with Crippen molar-refractivity contribution in [3.05, 3.63) is 71.2 Å². The van der Waals surface area contributed by atoms with Crippen molar-refractivity contribution < 1.29 is 10.6 Å². The molecule has 35 heavy (non-hydrogen) atoms. The average molecular weight is 479 g/mol. The summed E-state index contributed by atoms with van der Waals surface area (Å²) in [7, 11) is 0. The number of hydrazine groups is 1. The number of carbonyl (C=O) groups excluding carboxylic acids is 1. The summed E-state index contributed by atoms with van der Waals surface area (Å²) >= 11 is 0. The van der Waals surface area contributed by atoms with Crippen LogP contribution in [0.1, 0.15) is 73.2 Å². The van der Waals surface area contributed by atoms with Gasteiger partial charge in [0.15, 0.2) is 5.84 Å². The molecule has 5 N–H and O–H groups in total. The Bertz CT molecular complexity index is 1280. The van der Waals surface area contributed by atoms with Crippen molar-refractivity contribution in [1.29, 1.82) is 0 Å². The minimum atomic E-state index is -0.610. The Hall–Kier alpha value is -3.79. The molecule has 0 aliphatic heterocycles. The van der Waals surface area contributed by atoms with Gasteiger partial charge >= 0.3 is 0 Å². The van der Waals surface area contributed by atoms with Crippen LogP contribution in [-0.4, -0.2) is 37.3 Å². The zero-order chi connectivity index (χ0) is 24.5. The SMILES string of the molecule is Cc1cc(F)c(C(=O)Nc2cccc(/C(=N/N)N(N)C3CCCC3)n2)cc1-n1cnc(C2CC2)c1.[HH]. The molecule has 0 atom stereocenters. The van der Waals surface area contributed by atoms with Gasteiger partial charge in [-0.15, -0.1) is 0 Å². The molecule has 1 aromatic carbocycles. The number of benzene rings is 1. The number of rotatable bonds is 6. The lowest BCUT2D eigenvalue weighted by Gasteiger charge is -2.26. The van der Waals surface area contributed by atoms with Gasteiger partial charge in [0.05, 0.1) is 23.3 Å². The molecule has 2 fully saturated rings. The van der Waals surface area contributed by atoms with Gasteiger partial charge in [0.25, 0.3) is 5.91 Å². The van der Waals surface area contributed by atoms with Crippen molar-refractivity contribution in [3.8, 4) is 5.69 Å². The van der Waals surface area contributed by atoms with Gasteiger partial charge in [0.1, 0.15) is 17.3 Å². The van der Waals surface area contributed by atoms with Crippen LogP contribution in [0.4, 0.5) is 10.2 Å². The fourth-order valence-corrected chi connectivity index (χ4v) is 4.61. The number of carbonyl (C=O) groups is 1. The summed E-state index contributed by atoms with van der Waals surface area (Å²) in [6, 6.07) is 8.09. The summed E-state index contributed by atoms with van der Waals surface area (Å²) in [5.74, 6) is 11.8. The molecule has 2 aliphatic carbocycles. The number of aromatic nitrogens is 3. The molecule has 1 amide bonds. The van der Waals surface area contributed by atoms with Gasteiger partial charge in [0, 0.05) is 19.6 Å². The van der Waals surface area contributed by atoms with Gasteiger partial charge < -0.3 is 15.7 Å². The lowest BCUT2D eigenvalue weighted by Crippen LogP contribution is -2.45. The summed E-state index contributed by atoms with van der Waals surface area (Å²) in [5, 5.41) is 8.08. The van der Waals surface area contributed by atoms with E-state index in [1.807, 2.05) is 10.8 Å². The van der Waals surface area contributed by atoms with Gasteiger partial charge in [-0.05, 0) is 62.4 Å². The molecule has 2 aliphatic rings. The van der Waals surface area contributed by atoms with Crippen molar-refractivity contribution in [2.24, 2.45) is 16.8 Å². The third-order valence-corrected chi connectivity index (χ3v) is 6.71. The molecule has 2 aromatic heterocycles. The average Bonchev–Trinajstić information content (AvgIpc) is 3.32. The van der Waals surface area contributed by atoms with Crippen LogP contribution in [-0.2, 0) is 0 Å². The standard InChI is InChI=1S/C25H29FN8O.H2/c1-15-11-19(26)18(12-22(15)33-13-21(29-14-33)16-9-10-16)25(35)31-23-8-4-7-20(30-23)24(32-27)34(28)17-5-2-3-6-17;/h4,7-8,11-14,16-17H,2-3,5-6,9-10,27-28H2,1H3,(H,30,31,35);1H/b32-24-;. The number of nitrogens with zero attached hydrogens (tertiary/aromatic N) is 5. The maximum Gasteiger partial charge on any atom is 0.259 e. The molecule has 0 saturated heterocycles. The van der Waals surface area contributed by atoms with Gasteiger partial charge in [-0.2, -0.15) is 5.10 Å².